The molecule has 0 radical (unpaired) electrons. The second-order valence-corrected chi connectivity index (χ2v) is 3.55. The van der Waals surface area contributed by atoms with Crippen molar-refractivity contribution in [3.63, 3.8) is 0 Å². The Morgan fingerprint density at radius 3 is 3.08 bits per heavy atom. The van der Waals surface area contributed by atoms with E-state index in [1.807, 2.05) is 10.9 Å². The van der Waals surface area contributed by atoms with Crippen LogP contribution in [0.4, 0.5) is 5.69 Å². The molecular weight excluding hydrogens is 164 g/mol. The number of aryl methyl sites for hydroxylation is 1. The summed E-state index contributed by atoms with van der Waals surface area (Å²) in [7, 11) is 0. The number of hydrogen-bond acceptors (Lipinski definition) is 3. The summed E-state index contributed by atoms with van der Waals surface area (Å²) in [6.45, 7) is 5.05. The van der Waals surface area contributed by atoms with E-state index in [2.05, 4.69) is 23.1 Å². The Labute approximate surface area is 78.3 Å². The third-order valence-corrected chi connectivity index (χ3v) is 2.53. The molecule has 1 aliphatic rings. The maximum atomic E-state index is 5.83. The molecule has 2 rings (SSSR count). The van der Waals surface area contributed by atoms with E-state index in [0.717, 1.165) is 26.1 Å². The molecule has 72 valence electrons. The van der Waals surface area contributed by atoms with Gasteiger partial charge in [0.05, 0.1) is 11.9 Å². The summed E-state index contributed by atoms with van der Waals surface area (Å²) in [6, 6.07) is 0.338. The summed E-state index contributed by atoms with van der Waals surface area (Å²) < 4.78 is 1.94. The van der Waals surface area contributed by atoms with Crippen molar-refractivity contribution < 1.29 is 0 Å². The molecule has 4 nitrogen and oxygen atoms in total. The average Bonchev–Trinajstić information content (AvgIpc) is 2.71. The molecule has 2 heterocycles. The van der Waals surface area contributed by atoms with Crippen LogP contribution in [0.2, 0.25) is 0 Å². The predicted molar refractivity (Wildman–Crippen MR) is 52.7 cm³/mol. The predicted octanol–water partition coefficient (Wildman–Crippen LogP) is 0.440. The number of nitrogens with two attached hydrogens (primary N) is 1. The summed E-state index contributed by atoms with van der Waals surface area (Å²) in [6.07, 6.45) is 5.09. The van der Waals surface area contributed by atoms with Crippen molar-refractivity contribution in [2.75, 3.05) is 18.0 Å². The van der Waals surface area contributed by atoms with E-state index in [4.69, 9.17) is 5.73 Å². The molecule has 0 aliphatic carbocycles. The van der Waals surface area contributed by atoms with Crippen LogP contribution >= 0.6 is 0 Å². The van der Waals surface area contributed by atoms with E-state index in [0.29, 0.717) is 6.04 Å². The number of rotatable bonds is 2. The van der Waals surface area contributed by atoms with Gasteiger partial charge in [0.25, 0.3) is 0 Å². The second kappa shape index (κ2) is 3.38. The third kappa shape index (κ3) is 1.67. The maximum absolute atomic E-state index is 5.83. The highest BCUT2D eigenvalue weighted by Gasteiger charge is 2.19. The Bertz CT molecular complexity index is 281. The van der Waals surface area contributed by atoms with E-state index < -0.39 is 0 Å². The van der Waals surface area contributed by atoms with Gasteiger partial charge in [-0.1, -0.05) is 0 Å². The van der Waals surface area contributed by atoms with Gasteiger partial charge < -0.3 is 10.6 Å². The summed E-state index contributed by atoms with van der Waals surface area (Å²) >= 11 is 0. The second-order valence-electron chi connectivity index (χ2n) is 3.55. The zero-order valence-corrected chi connectivity index (χ0v) is 7.98. The number of hydrogen-bond donors (Lipinski definition) is 1. The fourth-order valence-corrected chi connectivity index (χ4v) is 1.71. The SMILES string of the molecule is CCn1cc(N2CCC(N)C2)cn1. The summed E-state index contributed by atoms with van der Waals surface area (Å²) in [5.41, 5.74) is 7.04. The van der Waals surface area contributed by atoms with E-state index in [-0.39, 0.29) is 0 Å². The van der Waals surface area contributed by atoms with Gasteiger partial charge in [0.2, 0.25) is 0 Å². The van der Waals surface area contributed by atoms with Crippen LogP contribution in [-0.2, 0) is 6.54 Å². The zero-order chi connectivity index (χ0) is 9.26. The van der Waals surface area contributed by atoms with Crippen molar-refractivity contribution in [2.45, 2.75) is 25.9 Å². The van der Waals surface area contributed by atoms with E-state index in [1.54, 1.807) is 0 Å². The van der Waals surface area contributed by atoms with Crippen LogP contribution in [0.1, 0.15) is 13.3 Å². The Balaban J connectivity index is 2.08. The largest absolute Gasteiger partial charge is 0.367 e. The fourth-order valence-electron chi connectivity index (χ4n) is 1.71. The smallest absolute Gasteiger partial charge is 0.0753 e. The van der Waals surface area contributed by atoms with Crippen LogP contribution < -0.4 is 10.6 Å². The van der Waals surface area contributed by atoms with Gasteiger partial charge in [-0.3, -0.25) is 4.68 Å². The third-order valence-electron chi connectivity index (χ3n) is 2.53. The van der Waals surface area contributed by atoms with Gasteiger partial charge in [0, 0.05) is 31.9 Å². The summed E-state index contributed by atoms with van der Waals surface area (Å²) in [5.74, 6) is 0. The molecule has 1 aromatic rings. The Hall–Kier alpha value is -1.03. The molecule has 1 fully saturated rings. The maximum Gasteiger partial charge on any atom is 0.0753 e. The standard InChI is InChI=1S/C9H16N4/c1-2-13-7-9(5-11-13)12-4-3-8(10)6-12/h5,7-8H,2-4,6,10H2,1H3. The van der Waals surface area contributed by atoms with Gasteiger partial charge in [0.1, 0.15) is 0 Å². The molecule has 0 saturated carbocycles. The van der Waals surface area contributed by atoms with Gasteiger partial charge in [-0.25, -0.2) is 0 Å². The van der Waals surface area contributed by atoms with Crippen molar-refractivity contribution in [1.29, 1.82) is 0 Å². The van der Waals surface area contributed by atoms with Gasteiger partial charge in [-0.05, 0) is 13.3 Å². The first-order valence-corrected chi connectivity index (χ1v) is 4.82. The number of anilines is 1. The molecule has 1 aliphatic heterocycles. The van der Waals surface area contributed by atoms with Gasteiger partial charge >= 0.3 is 0 Å². The first-order chi connectivity index (χ1) is 6.29. The molecule has 2 N–H and O–H groups in total. The molecule has 0 aromatic carbocycles. The Morgan fingerprint density at radius 2 is 2.54 bits per heavy atom. The highest BCUT2D eigenvalue weighted by Crippen LogP contribution is 2.18. The quantitative estimate of drug-likeness (QED) is 0.718. The van der Waals surface area contributed by atoms with E-state index in [1.165, 1.54) is 5.69 Å². The molecule has 1 unspecified atom stereocenters. The van der Waals surface area contributed by atoms with Crippen molar-refractivity contribution in [3.05, 3.63) is 12.4 Å². The van der Waals surface area contributed by atoms with Crippen molar-refractivity contribution in [3.8, 4) is 0 Å². The topological polar surface area (TPSA) is 47.1 Å². The molecule has 4 heteroatoms. The van der Waals surface area contributed by atoms with Gasteiger partial charge in [-0.2, -0.15) is 5.10 Å². The van der Waals surface area contributed by atoms with Gasteiger partial charge in [-0.15, -0.1) is 0 Å². The average molecular weight is 180 g/mol. The van der Waals surface area contributed by atoms with Crippen LogP contribution in [0.3, 0.4) is 0 Å². The lowest BCUT2D eigenvalue weighted by Crippen LogP contribution is -2.25. The molecular formula is C9H16N4. The van der Waals surface area contributed by atoms with E-state index in [9.17, 15) is 0 Å². The van der Waals surface area contributed by atoms with Crippen LogP contribution in [-0.4, -0.2) is 28.9 Å². The fraction of sp³-hybridized carbons (Fsp3) is 0.667. The highest BCUT2D eigenvalue weighted by molar-refractivity contribution is 5.43. The lowest BCUT2D eigenvalue weighted by molar-refractivity contribution is 0.659. The van der Waals surface area contributed by atoms with Crippen LogP contribution in [0.5, 0.6) is 0 Å². The number of aromatic nitrogens is 2. The molecule has 1 aromatic heterocycles. The summed E-state index contributed by atoms with van der Waals surface area (Å²) in [4.78, 5) is 2.30. The Morgan fingerprint density at radius 1 is 1.69 bits per heavy atom. The minimum atomic E-state index is 0.338. The van der Waals surface area contributed by atoms with Crippen LogP contribution in [0, 0.1) is 0 Å². The normalized spacial score (nSPS) is 22.6. The molecule has 0 bridgehead atoms. The first-order valence-electron chi connectivity index (χ1n) is 4.82. The van der Waals surface area contributed by atoms with E-state index >= 15 is 0 Å². The van der Waals surface area contributed by atoms with Crippen LogP contribution in [0.15, 0.2) is 12.4 Å². The first kappa shape index (κ1) is 8.56. The molecule has 0 amide bonds. The minimum Gasteiger partial charge on any atom is -0.367 e. The summed E-state index contributed by atoms with van der Waals surface area (Å²) in [5, 5.41) is 4.24. The van der Waals surface area contributed by atoms with Crippen molar-refractivity contribution in [1.82, 2.24) is 9.78 Å². The monoisotopic (exact) mass is 180 g/mol. The molecule has 1 atom stereocenters. The van der Waals surface area contributed by atoms with Gasteiger partial charge in [0.15, 0.2) is 0 Å². The molecule has 13 heavy (non-hydrogen) atoms. The molecule has 1 saturated heterocycles. The number of nitrogens with zero attached hydrogens (tertiary/aromatic N) is 3. The molecule has 0 spiro atoms. The minimum absolute atomic E-state index is 0.338. The van der Waals surface area contributed by atoms with Crippen LogP contribution in [0.25, 0.3) is 0 Å². The Kier molecular flexibility index (Phi) is 2.22. The zero-order valence-electron chi connectivity index (χ0n) is 7.98. The lowest BCUT2D eigenvalue weighted by atomic mass is 10.3. The highest BCUT2D eigenvalue weighted by atomic mass is 15.3. The lowest BCUT2D eigenvalue weighted by Gasteiger charge is -2.14. The van der Waals surface area contributed by atoms with Crippen molar-refractivity contribution in [2.24, 2.45) is 5.73 Å². The van der Waals surface area contributed by atoms with Crippen molar-refractivity contribution >= 4 is 5.69 Å².